The minimum atomic E-state index is -1.89. The molecule has 0 saturated carbocycles. The van der Waals surface area contributed by atoms with Crippen molar-refractivity contribution in [3.05, 3.63) is 0 Å². The summed E-state index contributed by atoms with van der Waals surface area (Å²) in [5, 5.41) is 3.19. The first-order chi connectivity index (χ1) is 5.72. The van der Waals surface area contributed by atoms with Crippen LogP contribution in [-0.4, -0.2) is 52.1 Å². The molecule has 5 heteroatoms. The maximum absolute atomic E-state index is 10.3. The summed E-state index contributed by atoms with van der Waals surface area (Å²) in [5.41, 5.74) is 0. The Kier molecular flexibility index (Phi) is 4.14. The Labute approximate surface area is 75.6 Å². The van der Waals surface area contributed by atoms with Gasteiger partial charge < -0.3 is 14.8 Å². The lowest BCUT2D eigenvalue weighted by molar-refractivity contribution is 0.347. The highest BCUT2D eigenvalue weighted by Gasteiger charge is 2.19. The van der Waals surface area contributed by atoms with Crippen LogP contribution in [0.3, 0.4) is 0 Å². The van der Waals surface area contributed by atoms with Crippen LogP contribution in [0, 0.1) is 0 Å². The zero-order valence-electron chi connectivity index (χ0n) is 7.28. The van der Waals surface area contributed by atoms with E-state index in [1.165, 1.54) is 0 Å². The number of likely N-dealkylation sites (tertiary alicyclic amines) is 1. The minimum absolute atomic E-state index is 0.260. The van der Waals surface area contributed by atoms with Crippen molar-refractivity contribution in [2.75, 3.05) is 32.4 Å². The van der Waals surface area contributed by atoms with E-state index in [0.717, 1.165) is 19.5 Å². The summed E-state index contributed by atoms with van der Waals surface area (Å²) in [6, 6.07) is 0.546. The van der Waals surface area contributed by atoms with Gasteiger partial charge in [-0.25, -0.2) is 0 Å². The first-order valence-electron chi connectivity index (χ1n) is 4.18. The van der Waals surface area contributed by atoms with Gasteiger partial charge in [0.2, 0.25) is 0 Å². The lowest BCUT2D eigenvalue weighted by Crippen LogP contribution is -2.31. The summed E-state index contributed by atoms with van der Waals surface area (Å²) in [5.74, 6) is 0.260. The fourth-order valence-electron chi connectivity index (χ4n) is 1.48. The third kappa shape index (κ3) is 3.18. The number of nitrogens with zero attached hydrogens (tertiary/aromatic N) is 1. The van der Waals surface area contributed by atoms with Crippen LogP contribution in [0.15, 0.2) is 0 Å². The molecule has 1 saturated heterocycles. The average Bonchev–Trinajstić information content (AvgIpc) is 2.48. The van der Waals surface area contributed by atoms with Gasteiger partial charge in [-0.2, -0.15) is 0 Å². The standard InChI is InChI=1S/C7H16N2O2S/c1-8-7-2-3-9(6-7)4-5-12(10)11/h7-8H,2-6H2,1H3,(H,10,11)/p-1. The molecule has 0 amide bonds. The largest absolute Gasteiger partial charge is 0.772 e. The Balaban J connectivity index is 2.15. The average molecular weight is 191 g/mol. The Morgan fingerprint density at radius 2 is 2.50 bits per heavy atom. The van der Waals surface area contributed by atoms with Crippen molar-refractivity contribution in [1.29, 1.82) is 0 Å². The van der Waals surface area contributed by atoms with Gasteiger partial charge in [-0.05, 0) is 20.0 Å². The summed E-state index contributed by atoms with van der Waals surface area (Å²) in [7, 11) is 1.94. The summed E-state index contributed by atoms with van der Waals surface area (Å²) < 4.78 is 20.5. The van der Waals surface area contributed by atoms with Gasteiger partial charge in [0.05, 0.1) is 0 Å². The molecule has 0 spiro atoms. The van der Waals surface area contributed by atoms with Gasteiger partial charge >= 0.3 is 0 Å². The molecule has 0 radical (unpaired) electrons. The van der Waals surface area contributed by atoms with Crippen LogP contribution < -0.4 is 5.32 Å². The molecule has 1 rings (SSSR count). The summed E-state index contributed by atoms with van der Waals surface area (Å²) >= 11 is -1.89. The molecule has 1 aliphatic heterocycles. The van der Waals surface area contributed by atoms with E-state index in [2.05, 4.69) is 10.2 Å². The van der Waals surface area contributed by atoms with Gasteiger partial charge in [0.1, 0.15) is 0 Å². The Hall–Kier alpha value is 0.0300. The van der Waals surface area contributed by atoms with Gasteiger partial charge in [0.25, 0.3) is 0 Å². The van der Waals surface area contributed by atoms with Crippen LogP contribution in [-0.2, 0) is 11.1 Å². The summed E-state index contributed by atoms with van der Waals surface area (Å²) in [6.07, 6.45) is 1.13. The Bertz CT molecular complexity index is 165. The van der Waals surface area contributed by atoms with Crippen molar-refractivity contribution >= 4 is 11.1 Å². The number of likely N-dealkylation sites (N-methyl/N-ethyl adjacent to an activating group) is 1. The van der Waals surface area contributed by atoms with E-state index in [1.54, 1.807) is 0 Å². The van der Waals surface area contributed by atoms with Crippen LogP contribution in [0.25, 0.3) is 0 Å². The second kappa shape index (κ2) is 4.91. The smallest absolute Gasteiger partial charge is 0.0229 e. The molecule has 0 aliphatic carbocycles. The van der Waals surface area contributed by atoms with Gasteiger partial charge in [0.15, 0.2) is 0 Å². The highest BCUT2D eigenvalue weighted by atomic mass is 32.2. The quantitative estimate of drug-likeness (QED) is 0.589. The van der Waals surface area contributed by atoms with E-state index in [0.29, 0.717) is 12.6 Å². The molecule has 2 unspecified atom stereocenters. The molecule has 0 aromatic heterocycles. The fourth-order valence-corrected chi connectivity index (χ4v) is 1.88. The summed E-state index contributed by atoms with van der Waals surface area (Å²) in [6.45, 7) is 2.67. The molecular weight excluding hydrogens is 176 g/mol. The predicted octanol–water partition coefficient (Wildman–Crippen LogP) is -0.841. The van der Waals surface area contributed by atoms with Crippen LogP contribution in [0.1, 0.15) is 6.42 Å². The van der Waals surface area contributed by atoms with Gasteiger partial charge in [-0.1, -0.05) is 11.1 Å². The normalized spacial score (nSPS) is 27.7. The van der Waals surface area contributed by atoms with Gasteiger partial charge in [-0.3, -0.25) is 4.21 Å². The predicted molar refractivity (Wildman–Crippen MR) is 47.7 cm³/mol. The van der Waals surface area contributed by atoms with Crippen molar-refractivity contribution < 1.29 is 8.76 Å². The van der Waals surface area contributed by atoms with E-state index in [9.17, 15) is 8.76 Å². The van der Waals surface area contributed by atoms with Gasteiger partial charge in [-0.15, -0.1) is 0 Å². The highest BCUT2D eigenvalue weighted by Crippen LogP contribution is 2.07. The van der Waals surface area contributed by atoms with Crippen molar-refractivity contribution in [1.82, 2.24) is 10.2 Å². The van der Waals surface area contributed by atoms with E-state index in [1.807, 2.05) is 7.05 Å². The molecule has 1 fully saturated rings. The van der Waals surface area contributed by atoms with Crippen LogP contribution >= 0.6 is 0 Å². The molecule has 4 nitrogen and oxygen atoms in total. The SMILES string of the molecule is CNC1CCN(CCS(=O)[O-])C1. The molecule has 0 aromatic rings. The molecule has 12 heavy (non-hydrogen) atoms. The zero-order valence-corrected chi connectivity index (χ0v) is 8.10. The van der Waals surface area contributed by atoms with Crippen LogP contribution in [0.2, 0.25) is 0 Å². The monoisotopic (exact) mass is 191 g/mol. The van der Waals surface area contributed by atoms with Crippen LogP contribution in [0.4, 0.5) is 0 Å². The third-order valence-electron chi connectivity index (χ3n) is 2.25. The summed E-state index contributed by atoms with van der Waals surface area (Å²) in [4.78, 5) is 2.18. The lowest BCUT2D eigenvalue weighted by atomic mass is 10.3. The van der Waals surface area contributed by atoms with E-state index >= 15 is 0 Å². The Morgan fingerprint density at radius 1 is 1.75 bits per heavy atom. The number of hydrogen-bond acceptors (Lipinski definition) is 4. The third-order valence-corrected chi connectivity index (χ3v) is 2.77. The fraction of sp³-hybridized carbons (Fsp3) is 1.00. The molecule has 0 aromatic carbocycles. The van der Waals surface area contributed by atoms with E-state index in [4.69, 9.17) is 0 Å². The number of hydrogen-bond donors (Lipinski definition) is 1. The van der Waals surface area contributed by atoms with E-state index in [-0.39, 0.29) is 5.75 Å². The van der Waals surface area contributed by atoms with E-state index < -0.39 is 11.1 Å². The first kappa shape index (κ1) is 10.1. The van der Waals surface area contributed by atoms with Crippen molar-refractivity contribution in [3.63, 3.8) is 0 Å². The number of nitrogens with one attached hydrogen (secondary N) is 1. The Morgan fingerprint density at radius 3 is 3.00 bits per heavy atom. The second-order valence-electron chi connectivity index (χ2n) is 3.08. The highest BCUT2D eigenvalue weighted by molar-refractivity contribution is 7.79. The lowest BCUT2D eigenvalue weighted by Gasteiger charge is -2.16. The topological polar surface area (TPSA) is 55.4 Å². The maximum Gasteiger partial charge on any atom is 0.0229 e. The van der Waals surface area contributed by atoms with Gasteiger partial charge in [0, 0.05) is 24.9 Å². The molecule has 1 heterocycles. The van der Waals surface area contributed by atoms with Crippen molar-refractivity contribution in [2.24, 2.45) is 0 Å². The van der Waals surface area contributed by atoms with Crippen molar-refractivity contribution in [3.8, 4) is 0 Å². The first-order valence-corrected chi connectivity index (χ1v) is 5.42. The molecule has 72 valence electrons. The molecular formula is C7H15N2O2S-. The zero-order chi connectivity index (χ0) is 8.97. The van der Waals surface area contributed by atoms with Crippen LogP contribution in [0.5, 0.6) is 0 Å². The molecule has 2 atom stereocenters. The molecule has 0 bridgehead atoms. The van der Waals surface area contributed by atoms with Crippen molar-refractivity contribution in [2.45, 2.75) is 12.5 Å². The number of rotatable bonds is 4. The maximum atomic E-state index is 10.3. The minimum Gasteiger partial charge on any atom is -0.772 e. The second-order valence-corrected chi connectivity index (χ2v) is 4.10. The molecule has 1 N–H and O–H groups in total. The molecule has 1 aliphatic rings.